The first-order valence-corrected chi connectivity index (χ1v) is 6.81. The average molecular weight is 301 g/mol. The number of ether oxygens (including phenoxy) is 2. The minimum Gasteiger partial charge on any atom is -0.476 e. The SMILES string of the molecule is COC(=O)C(C)(C)COc1ccc(-c2ccc(N)cn2)cn1. The summed E-state index contributed by atoms with van der Waals surface area (Å²) in [7, 11) is 1.36. The second-order valence-electron chi connectivity index (χ2n) is 5.53. The highest BCUT2D eigenvalue weighted by molar-refractivity contribution is 5.75. The van der Waals surface area contributed by atoms with Crippen LogP contribution in [0.1, 0.15) is 13.8 Å². The maximum Gasteiger partial charge on any atom is 0.314 e. The summed E-state index contributed by atoms with van der Waals surface area (Å²) in [6, 6.07) is 7.20. The van der Waals surface area contributed by atoms with Crippen molar-refractivity contribution in [1.82, 2.24) is 9.97 Å². The van der Waals surface area contributed by atoms with Crippen molar-refractivity contribution in [3.63, 3.8) is 0 Å². The fourth-order valence-corrected chi connectivity index (χ4v) is 1.78. The molecule has 0 aliphatic heterocycles. The van der Waals surface area contributed by atoms with Crippen LogP contribution in [0.2, 0.25) is 0 Å². The van der Waals surface area contributed by atoms with Crippen molar-refractivity contribution in [3.05, 3.63) is 36.7 Å². The zero-order valence-corrected chi connectivity index (χ0v) is 12.9. The van der Waals surface area contributed by atoms with Crippen LogP contribution in [0.4, 0.5) is 5.69 Å². The molecule has 0 saturated heterocycles. The third-order valence-corrected chi connectivity index (χ3v) is 3.14. The van der Waals surface area contributed by atoms with Crippen LogP contribution in [0.25, 0.3) is 11.3 Å². The summed E-state index contributed by atoms with van der Waals surface area (Å²) in [6.07, 6.45) is 3.26. The second-order valence-corrected chi connectivity index (χ2v) is 5.53. The summed E-state index contributed by atoms with van der Waals surface area (Å²) in [5.74, 6) is 0.117. The molecular weight excluding hydrogens is 282 g/mol. The van der Waals surface area contributed by atoms with E-state index >= 15 is 0 Å². The second kappa shape index (κ2) is 6.43. The van der Waals surface area contributed by atoms with Gasteiger partial charge in [0.05, 0.1) is 30.1 Å². The van der Waals surface area contributed by atoms with E-state index in [1.165, 1.54) is 7.11 Å². The number of aromatic nitrogens is 2. The van der Waals surface area contributed by atoms with Crippen LogP contribution in [-0.2, 0) is 9.53 Å². The normalized spacial score (nSPS) is 11.0. The van der Waals surface area contributed by atoms with Crippen molar-refractivity contribution in [1.29, 1.82) is 0 Å². The molecular formula is C16H19N3O3. The quantitative estimate of drug-likeness (QED) is 0.853. The Bertz CT molecular complexity index is 637. The number of hydrogen-bond acceptors (Lipinski definition) is 6. The molecule has 2 heterocycles. The minimum absolute atomic E-state index is 0.187. The number of hydrogen-bond donors (Lipinski definition) is 1. The van der Waals surface area contributed by atoms with Crippen molar-refractivity contribution >= 4 is 11.7 Å². The van der Waals surface area contributed by atoms with Gasteiger partial charge in [-0.15, -0.1) is 0 Å². The van der Waals surface area contributed by atoms with Gasteiger partial charge < -0.3 is 15.2 Å². The summed E-state index contributed by atoms with van der Waals surface area (Å²) >= 11 is 0. The van der Waals surface area contributed by atoms with E-state index in [1.54, 1.807) is 38.4 Å². The number of carbonyl (C=O) groups excluding carboxylic acids is 1. The van der Waals surface area contributed by atoms with Gasteiger partial charge in [0.25, 0.3) is 0 Å². The van der Waals surface area contributed by atoms with Crippen LogP contribution in [0.3, 0.4) is 0 Å². The molecule has 6 nitrogen and oxygen atoms in total. The Morgan fingerprint density at radius 1 is 1.18 bits per heavy atom. The molecule has 0 aliphatic rings. The van der Waals surface area contributed by atoms with Crippen LogP contribution in [0.15, 0.2) is 36.7 Å². The number of nitrogens with two attached hydrogens (primary N) is 1. The topological polar surface area (TPSA) is 87.3 Å². The number of rotatable bonds is 5. The molecule has 6 heteroatoms. The minimum atomic E-state index is -0.729. The van der Waals surface area contributed by atoms with E-state index in [1.807, 2.05) is 12.1 Å². The first-order chi connectivity index (χ1) is 10.4. The van der Waals surface area contributed by atoms with Crippen molar-refractivity contribution in [2.45, 2.75) is 13.8 Å². The van der Waals surface area contributed by atoms with Gasteiger partial charge in [-0.1, -0.05) is 0 Å². The lowest BCUT2D eigenvalue weighted by Gasteiger charge is -2.21. The molecule has 0 atom stereocenters. The van der Waals surface area contributed by atoms with E-state index in [4.69, 9.17) is 15.2 Å². The van der Waals surface area contributed by atoms with Gasteiger partial charge in [-0.25, -0.2) is 4.98 Å². The predicted molar refractivity (Wildman–Crippen MR) is 83.2 cm³/mol. The molecule has 2 aromatic heterocycles. The van der Waals surface area contributed by atoms with Gasteiger partial charge in [0, 0.05) is 17.8 Å². The van der Waals surface area contributed by atoms with E-state index in [0.717, 1.165) is 11.3 Å². The standard InChI is InChI=1S/C16H19N3O3/c1-16(2,15(20)21-3)10-22-14-7-4-11(8-19-14)13-6-5-12(17)9-18-13/h4-9H,10,17H2,1-3H3. The number of carbonyl (C=O) groups is 1. The predicted octanol–water partition coefficient (Wildman–Crippen LogP) is 2.30. The van der Waals surface area contributed by atoms with Gasteiger partial charge in [-0.05, 0) is 32.0 Å². The number of nitrogens with zero attached hydrogens (tertiary/aromatic N) is 2. The monoisotopic (exact) mass is 301 g/mol. The Kier molecular flexibility index (Phi) is 4.60. The van der Waals surface area contributed by atoms with Gasteiger partial charge >= 0.3 is 5.97 Å². The molecule has 0 aromatic carbocycles. The summed E-state index contributed by atoms with van der Waals surface area (Å²) in [5, 5.41) is 0. The molecule has 2 rings (SSSR count). The number of methoxy groups -OCH3 is 1. The van der Waals surface area contributed by atoms with Gasteiger partial charge in [0.2, 0.25) is 5.88 Å². The average Bonchev–Trinajstić information content (AvgIpc) is 2.53. The molecule has 0 spiro atoms. The van der Waals surface area contributed by atoms with Crippen LogP contribution in [-0.4, -0.2) is 29.7 Å². The van der Waals surface area contributed by atoms with E-state index in [-0.39, 0.29) is 12.6 Å². The summed E-state index contributed by atoms with van der Waals surface area (Å²) < 4.78 is 10.3. The molecule has 116 valence electrons. The van der Waals surface area contributed by atoms with Gasteiger partial charge in [0.1, 0.15) is 6.61 Å². The van der Waals surface area contributed by atoms with Crippen molar-refractivity contribution in [2.75, 3.05) is 19.5 Å². The Balaban J connectivity index is 2.03. The number of nitrogen functional groups attached to an aromatic ring is 1. The Hall–Kier alpha value is -2.63. The Morgan fingerprint density at radius 3 is 2.50 bits per heavy atom. The summed E-state index contributed by atoms with van der Waals surface area (Å²) in [5.41, 5.74) is 7.13. The summed E-state index contributed by atoms with van der Waals surface area (Å²) in [6.45, 7) is 3.70. The lowest BCUT2D eigenvalue weighted by atomic mass is 9.95. The van der Waals surface area contributed by atoms with E-state index < -0.39 is 5.41 Å². The molecule has 0 unspecified atom stereocenters. The molecule has 0 saturated carbocycles. The molecule has 0 radical (unpaired) electrons. The van der Waals surface area contributed by atoms with Gasteiger partial charge in [0.15, 0.2) is 0 Å². The van der Waals surface area contributed by atoms with Crippen molar-refractivity contribution < 1.29 is 14.3 Å². The maximum atomic E-state index is 11.6. The zero-order valence-electron chi connectivity index (χ0n) is 12.9. The van der Waals surface area contributed by atoms with E-state index in [9.17, 15) is 4.79 Å². The number of anilines is 1. The highest BCUT2D eigenvalue weighted by Crippen LogP contribution is 2.21. The smallest absolute Gasteiger partial charge is 0.314 e. The fraction of sp³-hybridized carbons (Fsp3) is 0.312. The first kappa shape index (κ1) is 15.8. The lowest BCUT2D eigenvalue weighted by Crippen LogP contribution is -2.32. The van der Waals surface area contributed by atoms with Crippen molar-refractivity contribution in [3.8, 4) is 17.1 Å². The molecule has 0 fully saturated rings. The Morgan fingerprint density at radius 2 is 1.95 bits per heavy atom. The van der Waals surface area contributed by atoms with E-state index in [0.29, 0.717) is 11.6 Å². The van der Waals surface area contributed by atoms with Crippen LogP contribution >= 0.6 is 0 Å². The van der Waals surface area contributed by atoms with Crippen LogP contribution < -0.4 is 10.5 Å². The molecule has 22 heavy (non-hydrogen) atoms. The highest BCUT2D eigenvalue weighted by atomic mass is 16.5. The largest absolute Gasteiger partial charge is 0.476 e. The van der Waals surface area contributed by atoms with E-state index in [2.05, 4.69) is 9.97 Å². The van der Waals surface area contributed by atoms with Gasteiger partial charge in [-0.2, -0.15) is 0 Å². The molecule has 0 amide bonds. The number of esters is 1. The van der Waals surface area contributed by atoms with Gasteiger partial charge in [-0.3, -0.25) is 9.78 Å². The van der Waals surface area contributed by atoms with Crippen molar-refractivity contribution in [2.24, 2.45) is 5.41 Å². The fourth-order valence-electron chi connectivity index (χ4n) is 1.78. The molecule has 0 bridgehead atoms. The third kappa shape index (κ3) is 3.72. The van der Waals surface area contributed by atoms with Crippen LogP contribution in [0.5, 0.6) is 5.88 Å². The third-order valence-electron chi connectivity index (χ3n) is 3.14. The highest BCUT2D eigenvalue weighted by Gasteiger charge is 2.29. The molecule has 2 N–H and O–H groups in total. The summed E-state index contributed by atoms with van der Waals surface area (Å²) in [4.78, 5) is 20.0. The number of pyridine rings is 2. The first-order valence-electron chi connectivity index (χ1n) is 6.81. The maximum absolute atomic E-state index is 11.6. The Labute approximate surface area is 129 Å². The zero-order chi connectivity index (χ0) is 16.2. The van der Waals surface area contributed by atoms with Crippen LogP contribution in [0, 0.1) is 5.41 Å². The molecule has 2 aromatic rings. The lowest BCUT2D eigenvalue weighted by molar-refractivity contribution is -0.152. The molecule has 0 aliphatic carbocycles.